The molecule has 0 saturated heterocycles. The number of carbonyl (C=O) groups excluding carboxylic acids is 1. The van der Waals surface area contributed by atoms with Gasteiger partial charge in [0.15, 0.2) is 5.82 Å². The lowest BCUT2D eigenvalue weighted by molar-refractivity contribution is 0.0950. The van der Waals surface area contributed by atoms with E-state index in [0.717, 1.165) is 11.1 Å². The Balaban J connectivity index is 1.78. The molecule has 1 amide bonds. The van der Waals surface area contributed by atoms with Crippen LogP contribution in [0.3, 0.4) is 0 Å². The lowest BCUT2D eigenvalue weighted by Gasteiger charge is -2.08. The van der Waals surface area contributed by atoms with Crippen LogP contribution >= 0.6 is 0 Å². The summed E-state index contributed by atoms with van der Waals surface area (Å²) < 4.78 is 1.51. The number of carbonyl (C=O) groups is 1. The van der Waals surface area contributed by atoms with Crippen LogP contribution in [-0.4, -0.2) is 25.9 Å². The van der Waals surface area contributed by atoms with Gasteiger partial charge in [-0.3, -0.25) is 9.59 Å². The Morgan fingerprint density at radius 2 is 2.00 bits per heavy atom. The first-order chi connectivity index (χ1) is 11.6. The number of aromatic nitrogens is 4. The Morgan fingerprint density at radius 3 is 2.71 bits per heavy atom. The summed E-state index contributed by atoms with van der Waals surface area (Å²) in [6.45, 7) is 4.24. The van der Waals surface area contributed by atoms with E-state index in [1.807, 2.05) is 31.2 Å². The molecule has 0 spiro atoms. The molecule has 0 aliphatic heterocycles. The molecule has 0 aliphatic rings. The van der Waals surface area contributed by atoms with Gasteiger partial charge in [-0.15, -0.1) is 0 Å². The first-order valence-corrected chi connectivity index (χ1v) is 7.49. The van der Waals surface area contributed by atoms with Crippen molar-refractivity contribution in [3.63, 3.8) is 0 Å². The van der Waals surface area contributed by atoms with Gasteiger partial charge in [-0.25, -0.2) is 9.78 Å². The number of nitrogens with one attached hydrogen (secondary N) is 2. The largest absolute Gasteiger partial charge is 0.348 e. The lowest BCUT2D eigenvalue weighted by atomic mass is 10.1. The zero-order valence-corrected chi connectivity index (χ0v) is 13.4. The van der Waals surface area contributed by atoms with Crippen molar-refractivity contribution in [1.29, 1.82) is 0 Å². The summed E-state index contributed by atoms with van der Waals surface area (Å²) >= 11 is 0. The maximum absolute atomic E-state index is 12.4. The normalized spacial score (nSPS) is 10.6. The minimum atomic E-state index is -0.292. The summed E-state index contributed by atoms with van der Waals surface area (Å²) in [5.74, 6) is 0.247. The van der Waals surface area contributed by atoms with Crippen molar-refractivity contribution >= 4 is 5.91 Å². The van der Waals surface area contributed by atoms with Crippen molar-refractivity contribution in [3.05, 3.63) is 75.3 Å². The molecule has 0 radical (unpaired) electrons. The van der Waals surface area contributed by atoms with E-state index in [-0.39, 0.29) is 11.5 Å². The Hall–Kier alpha value is -3.22. The van der Waals surface area contributed by atoms with E-state index in [1.54, 1.807) is 13.0 Å². The predicted octanol–water partition coefficient (Wildman–Crippen LogP) is 1.50. The van der Waals surface area contributed by atoms with Crippen LogP contribution in [0.25, 0.3) is 5.82 Å². The topological polar surface area (TPSA) is 92.7 Å². The maximum atomic E-state index is 12.4. The summed E-state index contributed by atoms with van der Waals surface area (Å²) in [6.07, 6.45) is 1.50. The van der Waals surface area contributed by atoms with E-state index in [0.29, 0.717) is 23.6 Å². The zero-order valence-electron chi connectivity index (χ0n) is 13.4. The molecule has 0 unspecified atom stereocenters. The van der Waals surface area contributed by atoms with Gasteiger partial charge >= 0.3 is 0 Å². The van der Waals surface area contributed by atoms with Crippen LogP contribution in [-0.2, 0) is 6.54 Å². The average molecular weight is 323 g/mol. The number of hydrogen-bond acceptors (Lipinski definition) is 4. The van der Waals surface area contributed by atoms with Crippen LogP contribution < -0.4 is 10.9 Å². The Labute approximate surface area is 138 Å². The van der Waals surface area contributed by atoms with E-state index in [2.05, 4.69) is 20.6 Å². The first kappa shape index (κ1) is 15.7. The molecule has 7 nitrogen and oxygen atoms in total. The third kappa shape index (κ3) is 3.10. The fraction of sp³-hybridized carbons (Fsp3) is 0.176. The number of hydrogen-bond donors (Lipinski definition) is 2. The fourth-order valence-electron chi connectivity index (χ4n) is 2.40. The van der Waals surface area contributed by atoms with Crippen molar-refractivity contribution in [1.82, 2.24) is 25.3 Å². The summed E-state index contributed by atoms with van der Waals surface area (Å²) in [6, 6.07) is 10.8. The van der Waals surface area contributed by atoms with Gasteiger partial charge in [-0.2, -0.15) is 10.2 Å². The van der Waals surface area contributed by atoms with Crippen LogP contribution in [0.4, 0.5) is 0 Å². The van der Waals surface area contributed by atoms with Crippen LogP contribution in [0, 0.1) is 13.8 Å². The molecule has 2 heterocycles. The van der Waals surface area contributed by atoms with Crippen LogP contribution in [0.5, 0.6) is 0 Å². The summed E-state index contributed by atoms with van der Waals surface area (Å²) in [5, 5.41) is 13.3. The Kier molecular flexibility index (Phi) is 4.24. The summed E-state index contributed by atoms with van der Waals surface area (Å²) in [5.41, 5.74) is 3.02. The van der Waals surface area contributed by atoms with Gasteiger partial charge < -0.3 is 5.32 Å². The second-order valence-corrected chi connectivity index (χ2v) is 5.44. The minimum Gasteiger partial charge on any atom is -0.348 e. The first-order valence-electron chi connectivity index (χ1n) is 7.49. The molecule has 7 heteroatoms. The third-order valence-corrected chi connectivity index (χ3v) is 3.84. The molecule has 3 aromatic rings. The fourth-order valence-corrected chi connectivity index (χ4v) is 2.40. The van der Waals surface area contributed by atoms with Gasteiger partial charge in [0.2, 0.25) is 0 Å². The van der Waals surface area contributed by atoms with Crippen molar-refractivity contribution < 1.29 is 4.79 Å². The summed E-state index contributed by atoms with van der Waals surface area (Å²) in [7, 11) is 0. The maximum Gasteiger partial charge on any atom is 0.264 e. The van der Waals surface area contributed by atoms with E-state index >= 15 is 0 Å². The predicted molar refractivity (Wildman–Crippen MR) is 89.1 cm³/mol. The highest BCUT2D eigenvalue weighted by molar-refractivity contribution is 5.95. The van der Waals surface area contributed by atoms with E-state index in [9.17, 15) is 9.59 Å². The second kappa shape index (κ2) is 6.49. The van der Waals surface area contributed by atoms with Gasteiger partial charge in [-0.05, 0) is 31.0 Å². The highest BCUT2D eigenvalue weighted by Crippen LogP contribution is 2.12. The van der Waals surface area contributed by atoms with E-state index < -0.39 is 0 Å². The van der Waals surface area contributed by atoms with Crippen LogP contribution in [0.2, 0.25) is 0 Å². The molecule has 0 bridgehead atoms. The van der Waals surface area contributed by atoms with Gasteiger partial charge in [0.1, 0.15) is 0 Å². The van der Waals surface area contributed by atoms with Crippen LogP contribution in [0.15, 0.2) is 47.4 Å². The molecule has 0 atom stereocenters. The van der Waals surface area contributed by atoms with Crippen LogP contribution in [0.1, 0.15) is 27.2 Å². The van der Waals surface area contributed by atoms with Crippen molar-refractivity contribution in [2.24, 2.45) is 0 Å². The van der Waals surface area contributed by atoms with E-state index in [1.165, 1.54) is 16.9 Å². The number of H-pyrrole nitrogens is 1. The molecule has 2 aromatic heterocycles. The molecular weight excluding hydrogens is 306 g/mol. The Morgan fingerprint density at radius 1 is 1.21 bits per heavy atom. The number of rotatable bonds is 4. The smallest absolute Gasteiger partial charge is 0.264 e. The molecule has 0 fully saturated rings. The van der Waals surface area contributed by atoms with E-state index in [4.69, 9.17) is 0 Å². The van der Waals surface area contributed by atoms with Crippen molar-refractivity contribution in [2.45, 2.75) is 20.4 Å². The number of nitrogens with zero attached hydrogens (tertiary/aromatic N) is 3. The average Bonchev–Trinajstić information content (AvgIpc) is 2.96. The molecule has 24 heavy (non-hydrogen) atoms. The minimum absolute atomic E-state index is 0.202. The quantitative estimate of drug-likeness (QED) is 0.761. The molecule has 2 N–H and O–H groups in total. The summed E-state index contributed by atoms with van der Waals surface area (Å²) in [4.78, 5) is 23.5. The number of amides is 1. The third-order valence-electron chi connectivity index (χ3n) is 3.84. The van der Waals surface area contributed by atoms with Crippen molar-refractivity contribution in [2.75, 3.05) is 0 Å². The van der Waals surface area contributed by atoms with Gasteiger partial charge in [0, 0.05) is 12.6 Å². The SMILES string of the molecule is Cc1ccccc1CNC(=O)c1cnn(-c2ccc(=O)[nH]n2)c1C. The number of aryl methyl sites for hydroxylation is 1. The lowest BCUT2D eigenvalue weighted by Crippen LogP contribution is -2.23. The standard InChI is InChI=1S/C17H17N5O2/c1-11-5-3-4-6-13(11)9-18-17(24)14-10-19-22(12(14)2)15-7-8-16(23)21-20-15/h3-8,10H,9H2,1-2H3,(H,18,24)(H,21,23). The molecule has 1 aromatic carbocycles. The zero-order chi connectivity index (χ0) is 17.1. The second-order valence-electron chi connectivity index (χ2n) is 5.44. The highest BCUT2D eigenvalue weighted by atomic mass is 16.1. The van der Waals surface area contributed by atoms with Gasteiger partial charge in [-0.1, -0.05) is 24.3 Å². The monoisotopic (exact) mass is 323 g/mol. The molecule has 0 saturated carbocycles. The molecule has 122 valence electrons. The molecule has 0 aliphatic carbocycles. The van der Waals surface area contributed by atoms with Gasteiger partial charge in [0.25, 0.3) is 11.5 Å². The number of benzene rings is 1. The number of aromatic amines is 1. The Bertz CT molecular complexity index is 922. The highest BCUT2D eigenvalue weighted by Gasteiger charge is 2.15. The van der Waals surface area contributed by atoms with Gasteiger partial charge in [0.05, 0.1) is 17.5 Å². The molecule has 3 rings (SSSR count). The van der Waals surface area contributed by atoms with Crippen molar-refractivity contribution in [3.8, 4) is 5.82 Å². The molecular formula is C17H17N5O2.